The second-order valence-corrected chi connectivity index (χ2v) is 5.32. The molecule has 1 aromatic carbocycles. The van der Waals surface area contributed by atoms with Crippen molar-refractivity contribution in [2.75, 3.05) is 19.8 Å². The summed E-state index contributed by atoms with van der Waals surface area (Å²) < 4.78 is 0. The molecule has 1 heterocycles. The SMILES string of the molecule is Cc1ccc(C#CCO)cc1C(=O)N1CCCCC1CO. The van der Waals surface area contributed by atoms with Gasteiger partial charge < -0.3 is 15.1 Å². The molecular weight excluding hydrogens is 266 g/mol. The van der Waals surface area contributed by atoms with E-state index in [-0.39, 0.29) is 25.2 Å². The van der Waals surface area contributed by atoms with E-state index in [0.717, 1.165) is 30.4 Å². The molecule has 1 unspecified atom stereocenters. The molecule has 2 N–H and O–H groups in total. The van der Waals surface area contributed by atoms with Crippen molar-refractivity contribution in [3.63, 3.8) is 0 Å². The zero-order valence-corrected chi connectivity index (χ0v) is 12.3. The van der Waals surface area contributed by atoms with Crippen LogP contribution in [0.25, 0.3) is 0 Å². The molecule has 21 heavy (non-hydrogen) atoms. The Bertz CT molecular complexity index is 571. The highest BCUT2D eigenvalue weighted by molar-refractivity contribution is 5.96. The average molecular weight is 287 g/mol. The number of hydrogen-bond donors (Lipinski definition) is 2. The first kappa shape index (κ1) is 15.6. The summed E-state index contributed by atoms with van der Waals surface area (Å²) in [6.45, 7) is 2.40. The van der Waals surface area contributed by atoms with Gasteiger partial charge in [0.05, 0.1) is 12.6 Å². The quantitative estimate of drug-likeness (QED) is 0.807. The van der Waals surface area contributed by atoms with E-state index >= 15 is 0 Å². The number of benzene rings is 1. The van der Waals surface area contributed by atoms with Gasteiger partial charge in [0.25, 0.3) is 5.91 Å². The molecule has 0 bridgehead atoms. The Morgan fingerprint density at radius 1 is 1.38 bits per heavy atom. The van der Waals surface area contributed by atoms with Crippen LogP contribution in [0.1, 0.15) is 40.7 Å². The number of rotatable bonds is 2. The zero-order valence-electron chi connectivity index (χ0n) is 12.3. The third-order valence-corrected chi connectivity index (χ3v) is 3.88. The van der Waals surface area contributed by atoms with Crippen LogP contribution in [0.2, 0.25) is 0 Å². The molecule has 1 amide bonds. The molecule has 4 heteroatoms. The van der Waals surface area contributed by atoms with Gasteiger partial charge in [0, 0.05) is 17.7 Å². The van der Waals surface area contributed by atoms with E-state index in [1.807, 2.05) is 19.1 Å². The monoisotopic (exact) mass is 287 g/mol. The molecule has 112 valence electrons. The first-order chi connectivity index (χ1) is 10.2. The van der Waals surface area contributed by atoms with Crippen molar-refractivity contribution >= 4 is 5.91 Å². The van der Waals surface area contributed by atoms with Crippen molar-refractivity contribution in [3.8, 4) is 11.8 Å². The molecule has 0 saturated carbocycles. The molecule has 0 spiro atoms. The number of aliphatic hydroxyl groups is 2. The molecule has 2 rings (SSSR count). The maximum absolute atomic E-state index is 12.7. The van der Waals surface area contributed by atoms with Crippen molar-refractivity contribution in [2.45, 2.75) is 32.2 Å². The van der Waals surface area contributed by atoms with Gasteiger partial charge in [-0.2, -0.15) is 0 Å². The Kier molecular flexibility index (Phi) is 5.38. The molecule has 1 aliphatic rings. The first-order valence-corrected chi connectivity index (χ1v) is 7.29. The van der Waals surface area contributed by atoms with E-state index in [2.05, 4.69) is 11.8 Å². The predicted molar refractivity (Wildman–Crippen MR) is 80.9 cm³/mol. The largest absolute Gasteiger partial charge is 0.394 e. The number of nitrogens with zero attached hydrogens (tertiary/aromatic N) is 1. The van der Waals surface area contributed by atoms with Gasteiger partial charge in [0.15, 0.2) is 0 Å². The first-order valence-electron chi connectivity index (χ1n) is 7.29. The summed E-state index contributed by atoms with van der Waals surface area (Å²) in [5.41, 5.74) is 2.24. The number of aliphatic hydroxyl groups excluding tert-OH is 2. The number of carbonyl (C=O) groups is 1. The number of aryl methyl sites for hydroxylation is 1. The molecule has 0 aromatic heterocycles. The fourth-order valence-corrected chi connectivity index (χ4v) is 2.68. The number of amides is 1. The van der Waals surface area contributed by atoms with Crippen LogP contribution in [0.5, 0.6) is 0 Å². The van der Waals surface area contributed by atoms with Gasteiger partial charge in [-0.15, -0.1) is 0 Å². The highest BCUT2D eigenvalue weighted by Gasteiger charge is 2.27. The number of piperidine rings is 1. The summed E-state index contributed by atoms with van der Waals surface area (Å²) in [7, 11) is 0. The smallest absolute Gasteiger partial charge is 0.254 e. The van der Waals surface area contributed by atoms with Gasteiger partial charge in [-0.3, -0.25) is 4.79 Å². The molecule has 1 atom stereocenters. The Labute approximate surface area is 125 Å². The fraction of sp³-hybridized carbons (Fsp3) is 0.471. The standard InChI is InChI=1S/C17H21NO3/c1-13-7-8-14(5-4-10-19)11-16(13)17(21)18-9-3-2-6-15(18)12-20/h7-8,11,15,19-20H,2-3,6,9-10,12H2,1H3. The van der Waals surface area contributed by atoms with Crippen LogP contribution in [0, 0.1) is 18.8 Å². The van der Waals surface area contributed by atoms with E-state index in [1.54, 1.807) is 11.0 Å². The number of hydrogen-bond acceptors (Lipinski definition) is 3. The Hall–Kier alpha value is -1.83. The normalized spacial score (nSPS) is 18.0. The lowest BCUT2D eigenvalue weighted by Gasteiger charge is -2.35. The Morgan fingerprint density at radius 3 is 2.90 bits per heavy atom. The summed E-state index contributed by atoms with van der Waals surface area (Å²) >= 11 is 0. The lowest BCUT2D eigenvalue weighted by atomic mass is 9.99. The van der Waals surface area contributed by atoms with Gasteiger partial charge in [-0.1, -0.05) is 17.9 Å². The number of likely N-dealkylation sites (tertiary alicyclic amines) is 1. The van der Waals surface area contributed by atoms with Crippen molar-refractivity contribution in [1.29, 1.82) is 0 Å². The van der Waals surface area contributed by atoms with E-state index < -0.39 is 0 Å². The second kappa shape index (κ2) is 7.26. The van der Waals surface area contributed by atoms with Crippen LogP contribution in [0.15, 0.2) is 18.2 Å². The van der Waals surface area contributed by atoms with Crippen molar-refractivity contribution in [1.82, 2.24) is 4.90 Å². The molecule has 0 aliphatic carbocycles. The van der Waals surface area contributed by atoms with Crippen molar-refractivity contribution in [2.24, 2.45) is 0 Å². The maximum Gasteiger partial charge on any atom is 0.254 e. The van der Waals surface area contributed by atoms with E-state index in [9.17, 15) is 9.90 Å². The average Bonchev–Trinajstić information content (AvgIpc) is 2.53. The zero-order chi connectivity index (χ0) is 15.2. The molecule has 1 saturated heterocycles. The predicted octanol–water partition coefficient (Wildman–Crippen LogP) is 1.33. The van der Waals surface area contributed by atoms with E-state index in [1.165, 1.54) is 0 Å². The minimum atomic E-state index is -0.199. The van der Waals surface area contributed by atoms with Crippen LogP contribution in [-0.2, 0) is 0 Å². The minimum Gasteiger partial charge on any atom is -0.394 e. The third kappa shape index (κ3) is 3.63. The van der Waals surface area contributed by atoms with Gasteiger partial charge in [0.1, 0.15) is 6.61 Å². The van der Waals surface area contributed by atoms with Crippen LogP contribution in [-0.4, -0.2) is 46.8 Å². The summed E-state index contributed by atoms with van der Waals surface area (Å²) in [4.78, 5) is 14.5. The lowest BCUT2D eigenvalue weighted by molar-refractivity contribution is 0.0502. The van der Waals surface area contributed by atoms with Crippen molar-refractivity contribution < 1.29 is 15.0 Å². The second-order valence-electron chi connectivity index (χ2n) is 5.32. The molecule has 1 aromatic rings. The van der Waals surface area contributed by atoms with Crippen LogP contribution in [0.3, 0.4) is 0 Å². The van der Waals surface area contributed by atoms with Gasteiger partial charge in [-0.25, -0.2) is 0 Å². The van der Waals surface area contributed by atoms with Crippen LogP contribution < -0.4 is 0 Å². The molecule has 1 fully saturated rings. The van der Waals surface area contributed by atoms with Crippen LogP contribution in [0.4, 0.5) is 0 Å². The Morgan fingerprint density at radius 2 is 2.19 bits per heavy atom. The third-order valence-electron chi connectivity index (χ3n) is 3.88. The Balaban J connectivity index is 2.29. The highest BCUT2D eigenvalue weighted by Crippen LogP contribution is 2.21. The van der Waals surface area contributed by atoms with Crippen molar-refractivity contribution in [3.05, 3.63) is 34.9 Å². The van der Waals surface area contributed by atoms with Gasteiger partial charge in [-0.05, 0) is 43.9 Å². The van der Waals surface area contributed by atoms with Gasteiger partial charge >= 0.3 is 0 Å². The highest BCUT2D eigenvalue weighted by atomic mass is 16.3. The topological polar surface area (TPSA) is 60.8 Å². The molecule has 1 aliphatic heterocycles. The fourth-order valence-electron chi connectivity index (χ4n) is 2.68. The summed E-state index contributed by atoms with van der Waals surface area (Å²) in [5, 5.41) is 18.2. The lowest BCUT2D eigenvalue weighted by Crippen LogP contribution is -2.45. The van der Waals surface area contributed by atoms with E-state index in [0.29, 0.717) is 12.1 Å². The number of carbonyl (C=O) groups excluding carboxylic acids is 1. The van der Waals surface area contributed by atoms with Gasteiger partial charge in [0.2, 0.25) is 0 Å². The molecule has 4 nitrogen and oxygen atoms in total. The molecular formula is C17H21NO3. The minimum absolute atomic E-state index is 0.00873. The summed E-state index contributed by atoms with van der Waals surface area (Å²) in [5.74, 6) is 5.37. The summed E-state index contributed by atoms with van der Waals surface area (Å²) in [6, 6.07) is 5.39. The molecule has 0 radical (unpaired) electrons. The maximum atomic E-state index is 12.7. The van der Waals surface area contributed by atoms with Crippen LogP contribution >= 0.6 is 0 Å². The van der Waals surface area contributed by atoms with E-state index in [4.69, 9.17) is 5.11 Å². The summed E-state index contributed by atoms with van der Waals surface area (Å²) in [6.07, 6.45) is 2.88.